The van der Waals surface area contributed by atoms with Crippen molar-refractivity contribution in [1.29, 1.82) is 0 Å². The maximum Gasteiger partial charge on any atom is 0.0954 e. The predicted octanol–water partition coefficient (Wildman–Crippen LogP) is 1.21. The van der Waals surface area contributed by atoms with Gasteiger partial charge < -0.3 is 20.1 Å². The highest BCUT2D eigenvalue weighted by atomic mass is 16.5. The van der Waals surface area contributed by atoms with Gasteiger partial charge in [0.25, 0.3) is 0 Å². The van der Waals surface area contributed by atoms with Crippen LogP contribution >= 0.6 is 0 Å². The van der Waals surface area contributed by atoms with Crippen molar-refractivity contribution in [3.63, 3.8) is 0 Å². The summed E-state index contributed by atoms with van der Waals surface area (Å²) in [5.74, 6) is 0. The lowest BCUT2D eigenvalue weighted by Crippen LogP contribution is -2.40. The standard InChI is InChI=1S/C15H24N2O2/c1-17(9-13(16)11-18-2)10-15-14-6-4-3-5-12(14)7-8-19-15/h3-6,13,15H,7-11,16H2,1-2H3. The zero-order chi connectivity index (χ0) is 13.7. The number of fused-ring (bicyclic) bond motifs is 1. The van der Waals surface area contributed by atoms with Crippen LogP contribution in [0.25, 0.3) is 0 Å². The zero-order valence-electron chi connectivity index (χ0n) is 11.8. The van der Waals surface area contributed by atoms with Gasteiger partial charge in [-0.25, -0.2) is 0 Å². The van der Waals surface area contributed by atoms with E-state index >= 15 is 0 Å². The van der Waals surface area contributed by atoms with Gasteiger partial charge in [-0.15, -0.1) is 0 Å². The molecule has 1 aromatic rings. The maximum absolute atomic E-state index is 5.98. The quantitative estimate of drug-likeness (QED) is 0.839. The summed E-state index contributed by atoms with van der Waals surface area (Å²) >= 11 is 0. The van der Waals surface area contributed by atoms with E-state index in [0.29, 0.717) is 6.61 Å². The summed E-state index contributed by atoms with van der Waals surface area (Å²) in [5, 5.41) is 0. The lowest BCUT2D eigenvalue weighted by atomic mass is 9.97. The van der Waals surface area contributed by atoms with Crippen molar-refractivity contribution in [2.45, 2.75) is 18.6 Å². The van der Waals surface area contributed by atoms with E-state index in [4.69, 9.17) is 15.2 Å². The van der Waals surface area contributed by atoms with Gasteiger partial charge in [-0.2, -0.15) is 0 Å². The maximum atomic E-state index is 5.98. The van der Waals surface area contributed by atoms with Crippen molar-refractivity contribution in [1.82, 2.24) is 4.90 Å². The number of nitrogens with two attached hydrogens (primary N) is 1. The molecule has 1 heterocycles. The second-order valence-corrected chi connectivity index (χ2v) is 5.24. The normalized spacial score (nSPS) is 20.3. The number of hydrogen-bond donors (Lipinski definition) is 1. The fourth-order valence-electron chi connectivity index (χ4n) is 2.65. The van der Waals surface area contributed by atoms with E-state index in [-0.39, 0.29) is 12.1 Å². The van der Waals surface area contributed by atoms with Crippen molar-refractivity contribution in [3.05, 3.63) is 35.4 Å². The van der Waals surface area contributed by atoms with Crippen LogP contribution < -0.4 is 5.73 Å². The van der Waals surface area contributed by atoms with Gasteiger partial charge in [-0.1, -0.05) is 24.3 Å². The summed E-state index contributed by atoms with van der Waals surface area (Å²) in [7, 11) is 3.76. The Morgan fingerprint density at radius 2 is 2.26 bits per heavy atom. The Morgan fingerprint density at radius 1 is 1.47 bits per heavy atom. The van der Waals surface area contributed by atoms with Gasteiger partial charge in [-0.05, 0) is 24.6 Å². The first-order chi connectivity index (χ1) is 9.20. The first-order valence-electron chi connectivity index (χ1n) is 6.83. The molecule has 19 heavy (non-hydrogen) atoms. The molecule has 0 saturated carbocycles. The van der Waals surface area contributed by atoms with Crippen LogP contribution in [0.1, 0.15) is 17.2 Å². The van der Waals surface area contributed by atoms with E-state index in [1.807, 2.05) is 0 Å². The summed E-state index contributed by atoms with van der Waals surface area (Å²) in [6, 6.07) is 8.59. The number of benzene rings is 1. The number of rotatable bonds is 6. The van der Waals surface area contributed by atoms with E-state index < -0.39 is 0 Å². The Hall–Kier alpha value is -0.940. The molecule has 0 bridgehead atoms. The van der Waals surface area contributed by atoms with Crippen LogP contribution in [0.2, 0.25) is 0 Å². The van der Waals surface area contributed by atoms with Gasteiger partial charge in [0, 0.05) is 26.2 Å². The molecular weight excluding hydrogens is 240 g/mol. The molecule has 4 heteroatoms. The third-order valence-corrected chi connectivity index (χ3v) is 3.50. The van der Waals surface area contributed by atoms with Crippen LogP contribution in [0, 0.1) is 0 Å². The zero-order valence-corrected chi connectivity index (χ0v) is 11.8. The van der Waals surface area contributed by atoms with Crippen LogP contribution in [-0.4, -0.2) is 51.4 Å². The van der Waals surface area contributed by atoms with Crippen molar-refractivity contribution < 1.29 is 9.47 Å². The third-order valence-electron chi connectivity index (χ3n) is 3.50. The molecule has 0 fully saturated rings. The first-order valence-corrected chi connectivity index (χ1v) is 6.83. The smallest absolute Gasteiger partial charge is 0.0954 e. The molecule has 1 aliphatic rings. The summed E-state index contributed by atoms with van der Waals surface area (Å²) in [4.78, 5) is 2.22. The monoisotopic (exact) mass is 264 g/mol. The van der Waals surface area contributed by atoms with Crippen LogP contribution in [0.15, 0.2) is 24.3 Å². The van der Waals surface area contributed by atoms with Gasteiger partial charge in [0.2, 0.25) is 0 Å². The van der Waals surface area contributed by atoms with E-state index in [1.54, 1.807) is 7.11 Å². The summed E-state index contributed by atoms with van der Waals surface area (Å²) < 4.78 is 11.0. The fraction of sp³-hybridized carbons (Fsp3) is 0.600. The molecule has 2 rings (SSSR count). The van der Waals surface area contributed by atoms with Gasteiger partial charge in [0.1, 0.15) is 0 Å². The molecule has 2 unspecified atom stereocenters. The van der Waals surface area contributed by atoms with Gasteiger partial charge in [0.05, 0.1) is 19.3 Å². The topological polar surface area (TPSA) is 47.7 Å². The van der Waals surface area contributed by atoms with Crippen molar-refractivity contribution in [2.75, 3.05) is 40.5 Å². The Balaban J connectivity index is 1.93. The van der Waals surface area contributed by atoms with E-state index in [1.165, 1.54) is 11.1 Å². The highest BCUT2D eigenvalue weighted by Crippen LogP contribution is 2.27. The fourth-order valence-corrected chi connectivity index (χ4v) is 2.65. The summed E-state index contributed by atoms with van der Waals surface area (Å²) in [6.07, 6.45) is 1.17. The Bertz CT molecular complexity index is 397. The molecule has 106 valence electrons. The molecule has 1 aliphatic heterocycles. The van der Waals surface area contributed by atoms with Gasteiger partial charge in [0.15, 0.2) is 0 Å². The third kappa shape index (κ3) is 4.01. The SMILES string of the molecule is COCC(N)CN(C)CC1OCCc2ccccc21. The number of ether oxygens (including phenoxy) is 2. The lowest BCUT2D eigenvalue weighted by Gasteiger charge is -2.30. The van der Waals surface area contributed by atoms with Crippen molar-refractivity contribution in [3.8, 4) is 0 Å². The minimum absolute atomic E-state index is 0.0498. The van der Waals surface area contributed by atoms with Gasteiger partial charge in [-0.3, -0.25) is 0 Å². The molecule has 1 aromatic carbocycles. The Labute approximate surface area is 115 Å². The van der Waals surface area contributed by atoms with Crippen molar-refractivity contribution in [2.24, 2.45) is 5.73 Å². The second kappa shape index (κ2) is 7.01. The number of methoxy groups -OCH3 is 1. The van der Waals surface area contributed by atoms with Crippen LogP contribution in [0.3, 0.4) is 0 Å². The molecule has 0 radical (unpaired) electrons. The number of likely N-dealkylation sites (N-methyl/N-ethyl adjacent to an activating group) is 1. The van der Waals surface area contributed by atoms with Crippen LogP contribution in [0.5, 0.6) is 0 Å². The molecule has 0 aliphatic carbocycles. The minimum Gasteiger partial charge on any atom is -0.383 e. The lowest BCUT2D eigenvalue weighted by molar-refractivity contribution is 0.0186. The summed E-state index contributed by atoms with van der Waals surface area (Å²) in [6.45, 7) is 3.08. The number of hydrogen-bond acceptors (Lipinski definition) is 4. The molecule has 0 aromatic heterocycles. The van der Waals surface area contributed by atoms with E-state index in [9.17, 15) is 0 Å². The van der Waals surface area contributed by atoms with E-state index in [0.717, 1.165) is 26.1 Å². The average Bonchev–Trinajstić information content (AvgIpc) is 2.39. The van der Waals surface area contributed by atoms with Crippen molar-refractivity contribution >= 4 is 0 Å². The molecule has 2 N–H and O–H groups in total. The first kappa shape index (κ1) is 14.5. The van der Waals surface area contributed by atoms with Crippen LogP contribution in [-0.2, 0) is 15.9 Å². The Kier molecular flexibility index (Phi) is 5.34. The highest BCUT2D eigenvalue weighted by molar-refractivity contribution is 5.31. The van der Waals surface area contributed by atoms with Crippen LogP contribution in [0.4, 0.5) is 0 Å². The largest absolute Gasteiger partial charge is 0.383 e. The number of nitrogens with zero attached hydrogens (tertiary/aromatic N) is 1. The molecule has 0 amide bonds. The van der Waals surface area contributed by atoms with E-state index in [2.05, 4.69) is 36.2 Å². The Morgan fingerprint density at radius 3 is 3.05 bits per heavy atom. The van der Waals surface area contributed by atoms with Gasteiger partial charge >= 0.3 is 0 Å². The predicted molar refractivity (Wildman–Crippen MR) is 76.2 cm³/mol. The second-order valence-electron chi connectivity index (χ2n) is 5.24. The molecule has 0 saturated heterocycles. The molecular formula is C15H24N2O2. The average molecular weight is 264 g/mol. The molecule has 2 atom stereocenters. The highest BCUT2D eigenvalue weighted by Gasteiger charge is 2.22. The molecule has 0 spiro atoms. The molecule has 4 nitrogen and oxygen atoms in total. The summed E-state index contributed by atoms with van der Waals surface area (Å²) in [5.41, 5.74) is 8.71. The minimum atomic E-state index is 0.0498.